The van der Waals surface area contributed by atoms with Gasteiger partial charge in [0.2, 0.25) is 11.3 Å². The molecule has 1 fully saturated rings. The third-order valence-electron chi connectivity index (χ3n) is 6.46. The Morgan fingerprint density at radius 3 is 2.62 bits per heavy atom. The van der Waals surface area contributed by atoms with Crippen LogP contribution in [0.5, 0.6) is 5.75 Å². The molecular formula is C26H27FN4O3. The van der Waals surface area contributed by atoms with Gasteiger partial charge in [-0.25, -0.2) is 4.39 Å². The fraction of sp³-hybridized carbons (Fsp3) is 0.346. The molecule has 1 aliphatic heterocycles. The summed E-state index contributed by atoms with van der Waals surface area (Å²) in [5, 5.41) is 4.32. The number of rotatable bonds is 5. The number of benzene rings is 2. The van der Waals surface area contributed by atoms with Gasteiger partial charge in [-0.3, -0.25) is 4.79 Å². The molecule has 4 aromatic rings. The summed E-state index contributed by atoms with van der Waals surface area (Å²) >= 11 is 0. The second kappa shape index (κ2) is 8.93. The molecular weight excluding hydrogens is 435 g/mol. The maximum absolute atomic E-state index is 15.1. The summed E-state index contributed by atoms with van der Waals surface area (Å²) in [5.74, 6) is 1.46. The van der Waals surface area contributed by atoms with Crippen molar-refractivity contribution in [1.29, 1.82) is 0 Å². The van der Waals surface area contributed by atoms with Crippen molar-refractivity contribution in [2.24, 2.45) is 13.0 Å². The van der Waals surface area contributed by atoms with Crippen molar-refractivity contribution < 1.29 is 13.7 Å². The number of hydrogen-bond donors (Lipinski definition) is 0. The van der Waals surface area contributed by atoms with Gasteiger partial charge < -0.3 is 18.7 Å². The maximum Gasteiger partial charge on any atom is 0.263 e. The molecule has 8 heteroatoms. The number of aryl methyl sites for hydroxylation is 1. The molecule has 7 nitrogen and oxygen atoms in total. The monoisotopic (exact) mass is 462 g/mol. The highest BCUT2D eigenvalue weighted by Crippen LogP contribution is 2.30. The van der Waals surface area contributed by atoms with Crippen LogP contribution in [-0.4, -0.2) is 34.4 Å². The number of anilines is 1. The Morgan fingerprint density at radius 2 is 1.91 bits per heavy atom. The van der Waals surface area contributed by atoms with Crippen LogP contribution in [0.3, 0.4) is 0 Å². The molecule has 34 heavy (non-hydrogen) atoms. The zero-order chi connectivity index (χ0) is 23.8. The van der Waals surface area contributed by atoms with E-state index in [2.05, 4.69) is 22.0 Å². The lowest BCUT2D eigenvalue weighted by molar-refractivity contribution is 0.340. The third kappa shape index (κ3) is 4.04. The van der Waals surface area contributed by atoms with E-state index < -0.39 is 5.82 Å². The zero-order valence-corrected chi connectivity index (χ0v) is 19.5. The molecule has 5 rings (SSSR count). The van der Waals surface area contributed by atoms with Crippen molar-refractivity contribution in [3.63, 3.8) is 0 Å². The summed E-state index contributed by atoms with van der Waals surface area (Å²) in [5.41, 5.74) is 1.83. The zero-order valence-electron chi connectivity index (χ0n) is 19.5. The molecule has 2 aromatic carbocycles. The van der Waals surface area contributed by atoms with Crippen molar-refractivity contribution in [1.82, 2.24) is 14.7 Å². The Balaban J connectivity index is 1.51. The van der Waals surface area contributed by atoms with Gasteiger partial charge >= 0.3 is 0 Å². The van der Waals surface area contributed by atoms with Crippen LogP contribution in [-0.2, 0) is 7.05 Å². The average molecular weight is 463 g/mol. The number of piperidine rings is 1. The van der Waals surface area contributed by atoms with Crippen LogP contribution in [0.15, 0.2) is 51.9 Å². The van der Waals surface area contributed by atoms with Crippen LogP contribution in [0.1, 0.15) is 26.7 Å². The van der Waals surface area contributed by atoms with Crippen molar-refractivity contribution in [2.75, 3.05) is 24.6 Å². The van der Waals surface area contributed by atoms with Crippen LogP contribution >= 0.6 is 0 Å². The number of nitrogens with zero attached hydrogens (tertiary/aromatic N) is 4. The van der Waals surface area contributed by atoms with Crippen molar-refractivity contribution in [2.45, 2.75) is 26.7 Å². The lowest BCUT2D eigenvalue weighted by atomic mass is 9.98. The number of halogens is 1. The Kier molecular flexibility index (Phi) is 5.81. The largest absolute Gasteiger partial charge is 0.494 e. The van der Waals surface area contributed by atoms with Crippen molar-refractivity contribution in [3.8, 4) is 28.6 Å². The summed E-state index contributed by atoms with van der Waals surface area (Å²) in [6.07, 6.45) is 3.73. The number of aromatic nitrogens is 3. The van der Waals surface area contributed by atoms with E-state index in [0.717, 1.165) is 37.2 Å². The molecule has 0 amide bonds. The van der Waals surface area contributed by atoms with Gasteiger partial charge in [0.1, 0.15) is 17.1 Å². The number of pyridine rings is 1. The van der Waals surface area contributed by atoms with Gasteiger partial charge in [-0.05, 0) is 62.1 Å². The van der Waals surface area contributed by atoms with E-state index in [9.17, 15) is 4.79 Å². The van der Waals surface area contributed by atoms with E-state index in [1.807, 2.05) is 42.8 Å². The second-order valence-corrected chi connectivity index (χ2v) is 8.85. The van der Waals surface area contributed by atoms with Crippen LogP contribution in [0.2, 0.25) is 0 Å². The minimum Gasteiger partial charge on any atom is -0.494 e. The smallest absolute Gasteiger partial charge is 0.263 e. The molecule has 3 heterocycles. The maximum atomic E-state index is 15.1. The molecule has 1 aliphatic rings. The quantitative estimate of drug-likeness (QED) is 0.414. The summed E-state index contributed by atoms with van der Waals surface area (Å²) in [6, 6.07) is 10.4. The highest BCUT2D eigenvalue weighted by atomic mass is 19.1. The van der Waals surface area contributed by atoms with Gasteiger partial charge in [-0.1, -0.05) is 12.1 Å². The van der Waals surface area contributed by atoms with Gasteiger partial charge in [0.25, 0.3) is 5.89 Å². The van der Waals surface area contributed by atoms with E-state index in [-0.39, 0.29) is 22.3 Å². The van der Waals surface area contributed by atoms with E-state index in [1.54, 1.807) is 12.3 Å². The van der Waals surface area contributed by atoms with Gasteiger partial charge in [0.05, 0.1) is 17.8 Å². The van der Waals surface area contributed by atoms with Gasteiger partial charge in [0, 0.05) is 37.3 Å². The molecule has 0 spiro atoms. The first kappa shape index (κ1) is 22.1. The third-order valence-corrected chi connectivity index (χ3v) is 6.46. The highest BCUT2D eigenvalue weighted by Gasteiger charge is 2.22. The van der Waals surface area contributed by atoms with Crippen LogP contribution in [0.25, 0.3) is 33.7 Å². The predicted octanol–water partition coefficient (Wildman–Crippen LogP) is 5.03. The molecule has 0 radical (unpaired) electrons. The molecule has 0 saturated carbocycles. The van der Waals surface area contributed by atoms with Crippen molar-refractivity contribution >= 4 is 16.6 Å². The summed E-state index contributed by atoms with van der Waals surface area (Å²) < 4.78 is 27.8. The van der Waals surface area contributed by atoms with E-state index in [0.29, 0.717) is 29.6 Å². The van der Waals surface area contributed by atoms with Gasteiger partial charge in [-0.15, -0.1) is 0 Å². The van der Waals surface area contributed by atoms with Crippen LogP contribution in [0.4, 0.5) is 10.1 Å². The molecule has 176 valence electrons. The lowest BCUT2D eigenvalue weighted by Crippen LogP contribution is -2.33. The first-order valence-corrected chi connectivity index (χ1v) is 11.6. The van der Waals surface area contributed by atoms with E-state index >= 15 is 4.39 Å². The van der Waals surface area contributed by atoms with Crippen LogP contribution in [0, 0.1) is 11.7 Å². The fourth-order valence-corrected chi connectivity index (χ4v) is 4.45. The summed E-state index contributed by atoms with van der Waals surface area (Å²) in [7, 11) is 1.83. The van der Waals surface area contributed by atoms with Crippen molar-refractivity contribution in [3.05, 3.63) is 58.6 Å². The topological polar surface area (TPSA) is 73.4 Å². The fourth-order valence-electron chi connectivity index (χ4n) is 4.45. The number of fused-ring (bicyclic) bond motifs is 1. The van der Waals surface area contributed by atoms with E-state index in [4.69, 9.17) is 9.26 Å². The second-order valence-electron chi connectivity index (χ2n) is 8.85. The molecule has 0 atom stereocenters. The standard InChI is InChI=1S/C26H27FN4O3/c1-4-33-18-7-5-17(6-8-18)25-28-26(34-29-25)20-15-30(3)22-14-23(21(27)13-19(22)24(20)32)31-11-9-16(2)10-12-31/h5-8,13-16H,4,9-12H2,1-3H3. The molecule has 0 unspecified atom stereocenters. The minimum absolute atomic E-state index is 0.0980. The average Bonchev–Trinajstić information content (AvgIpc) is 3.32. The Morgan fingerprint density at radius 1 is 1.18 bits per heavy atom. The molecule has 0 N–H and O–H groups in total. The first-order chi connectivity index (χ1) is 16.4. The van der Waals surface area contributed by atoms with Crippen LogP contribution < -0.4 is 15.1 Å². The Hall–Kier alpha value is -3.68. The number of ether oxygens (including phenoxy) is 1. The number of hydrogen-bond acceptors (Lipinski definition) is 6. The molecule has 0 bridgehead atoms. The highest BCUT2D eigenvalue weighted by molar-refractivity contribution is 5.86. The van der Waals surface area contributed by atoms with Gasteiger partial charge in [-0.2, -0.15) is 4.98 Å². The normalized spacial score (nSPS) is 14.6. The SMILES string of the molecule is CCOc1ccc(-c2noc(-c3cn(C)c4cc(N5CCC(C)CC5)c(F)cc4c3=O)n2)cc1. The van der Waals surface area contributed by atoms with Gasteiger partial charge in [0.15, 0.2) is 0 Å². The molecule has 2 aromatic heterocycles. The lowest BCUT2D eigenvalue weighted by Gasteiger charge is -2.32. The Labute approximate surface area is 196 Å². The van der Waals surface area contributed by atoms with E-state index in [1.165, 1.54) is 6.07 Å². The predicted molar refractivity (Wildman–Crippen MR) is 130 cm³/mol. The minimum atomic E-state index is -0.392. The summed E-state index contributed by atoms with van der Waals surface area (Å²) in [6.45, 7) is 6.34. The molecule has 0 aliphatic carbocycles. The first-order valence-electron chi connectivity index (χ1n) is 11.6. The Bertz CT molecular complexity index is 1390. The molecule has 1 saturated heterocycles. The summed E-state index contributed by atoms with van der Waals surface area (Å²) in [4.78, 5) is 19.8.